The van der Waals surface area contributed by atoms with Crippen LogP contribution in [-0.4, -0.2) is 39.3 Å². The van der Waals surface area contributed by atoms with Crippen molar-refractivity contribution in [2.75, 3.05) is 18.0 Å². The molecule has 0 saturated carbocycles. The van der Waals surface area contributed by atoms with Crippen molar-refractivity contribution < 1.29 is 17.9 Å². The zero-order valence-corrected chi connectivity index (χ0v) is 16.0. The number of hydrogen-bond acceptors (Lipinski definition) is 6. The van der Waals surface area contributed by atoms with Crippen molar-refractivity contribution in [3.8, 4) is 23.0 Å². The second kappa shape index (κ2) is 8.91. The summed E-state index contributed by atoms with van der Waals surface area (Å²) in [5, 5.41) is 4.22. The molecule has 0 saturated heterocycles. The first kappa shape index (κ1) is 20.6. The maximum Gasteiger partial charge on any atom is 0.255 e. The Balaban J connectivity index is 1.93. The fraction of sp³-hybridized carbons (Fsp3) is 0.316. The predicted octanol–water partition coefficient (Wildman–Crippen LogP) is 3.36. The summed E-state index contributed by atoms with van der Waals surface area (Å²) in [7, 11) is 1.61. The van der Waals surface area contributed by atoms with E-state index in [-0.39, 0.29) is 11.6 Å². The molecule has 29 heavy (non-hydrogen) atoms. The Morgan fingerprint density at radius 3 is 2.55 bits per heavy atom. The van der Waals surface area contributed by atoms with Crippen molar-refractivity contribution in [3.05, 3.63) is 48.0 Å². The zero-order chi connectivity index (χ0) is 21.0. The summed E-state index contributed by atoms with van der Waals surface area (Å²) >= 11 is 0. The van der Waals surface area contributed by atoms with E-state index in [2.05, 4.69) is 15.1 Å². The van der Waals surface area contributed by atoms with Crippen LogP contribution in [0.5, 0.6) is 11.6 Å². The van der Waals surface area contributed by atoms with E-state index in [9.17, 15) is 13.2 Å². The standard InChI is InChI=1S/C19H21F3N6O/c1-3-28(11-16(21)22)17-7-18(27(2)26-17)29-15-6-13(20)4-5-14(15)19-24-9-12(8-23)10-25-19/h4-7,9-10,16H,3,8,11,23H2,1-2H3. The smallest absolute Gasteiger partial charge is 0.255 e. The van der Waals surface area contributed by atoms with E-state index in [4.69, 9.17) is 10.5 Å². The molecule has 0 aliphatic rings. The maximum atomic E-state index is 13.9. The number of aromatic nitrogens is 4. The Kier molecular flexibility index (Phi) is 6.32. The van der Waals surface area contributed by atoms with Crippen LogP contribution in [-0.2, 0) is 13.6 Å². The minimum Gasteiger partial charge on any atom is -0.438 e. The molecule has 154 valence electrons. The van der Waals surface area contributed by atoms with Crippen molar-refractivity contribution in [1.82, 2.24) is 19.7 Å². The number of ether oxygens (including phenoxy) is 1. The van der Waals surface area contributed by atoms with Gasteiger partial charge >= 0.3 is 0 Å². The van der Waals surface area contributed by atoms with Gasteiger partial charge in [0.2, 0.25) is 5.88 Å². The summed E-state index contributed by atoms with van der Waals surface area (Å²) in [5.74, 6) is 0.618. The van der Waals surface area contributed by atoms with Gasteiger partial charge in [-0.15, -0.1) is 0 Å². The molecule has 10 heteroatoms. The highest BCUT2D eigenvalue weighted by Gasteiger charge is 2.18. The van der Waals surface area contributed by atoms with Gasteiger partial charge in [0.1, 0.15) is 11.6 Å². The summed E-state index contributed by atoms with van der Waals surface area (Å²) in [6.07, 6.45) is 0.673. The van der Waals surface area contributed by atoms with E-state index in [1.807, 2.05) is 0 Å². The molecule has 2 aromatic heterocycles. The third-order valence-electron chi connectivity index (χ3n) is 4.23. The number of alkyl halides is 2. The van der Waals surface area contributed by atoms with Crippen LogP contribution < -0.4 is 15.4 Å². The van der Waals surface area contributed by atoms with Gasteiger partial charge in [-0.1, -0.05) is 0 Å². The third-order valence-corrected chi connectivity index (χ3v) is 4.23. The molecule has 0 aliphatic heterocycles. The van der Waals surface area contributed by atoms with Crippen molar-refractivity contribution in [2.45, 2.75) is 19.9 Å². The Labute approximate surface area is 165 Å². The highest BCUT2D eigenvalue weighted by molar-refractivity contribution is 5.64. The molecule has 0 aliphatic carbocycles. The predicted molar refractivity (Wildman–Crippen MR) is 102 cm³/mol. The molecule has 0 unspecified atom stereocenters. The molecule has 7 nitrogen and oxygen atoms in total. The zero-order valence-electron chi connectivity index (χ0n) is 16.0. The Hall–Kier alpha value is -3.14. The summed E-state index contributed by atoms with van der Waals surface area (Å²) in [6, 6.07) is 5.52. The molecule has 2 heterocycles. The molecule has 2 N–H and O–H groups in total. The minimum atomic E-state index is -2.50. The fourth-order valence-electron chi connectivity index (χ4n) is 2.71. The molecule has 3 rings (SSSR count). The van der Waals surface area contributed by atoms with Crippen LogP contribution in [0.3, 0.4) is 0 Å². The van der Waals surface area contributed by atoms with Crippen molar-refractivity contribution >= 4 is 5.82 Å². The quantitative estimate of drug-likeness (QED) is 0.618. The van der Waals surface area contributed by atoms with Crippen LogP contribution >= 0.6 is 0 Å². The van der Waals surface area contributed by atoms with E-state index < -0.39 is 18.8 Å². The topological polar surface area (TPSA) is 82.1 Å². The van der Waals surface area contributed by atoms with Gasteiger partial charge in [-0.25, -0.2) is 27.8 Å². The van der Waals surface area contributed by atoms with Crippen LogP contribution in [0.15, 0.2) is 36.7 Å². The lowest BCUT2D eigenvalue weighted by atomic mass is 10.1. The highest BCUT2D eigenvalue weighted by Crippen LogP contribution is 2.33. The highest BCUT2D eigenvalue weighted by atomic mass is 19.3. The van der Waals surface area contributed by atoms with E-state index in [1.54, 1.807) is 26.4 Å². The first-order chi connectivity index (χ1) is 13.9. The average molecular weight is 406 g/mol. The van der Waals surface area contributed by atoms with E-state index in [1.165, 1.54) is 33.8 Å². The van der Waals surface area contributed by atoms with Crippen LogP contribution in [0, 0.1) is 5.82 Å². The third kappa shape index (κ3) is 4.83. The summed E-state index contributed by atoms with van der Waals surface area (Å²) in [6.45, 7) is 1.97. The molecule has 0 radical (unpaired) electrons. The molecule has 3 aromatic rings. The van der Waals surface area contributed by atoms with Crippen molar-refractivity contribution in [3.63, 3.8) is 0 Å². The molecule has 0 fully saturated rings. The van der Waals surface area contributed by atoms with E-state index in [0.29, 0.717) is 30.3 Å². The largest absolute Gasteiger partial charge is 0.438 e. The molecule has 0 amide bonds. The van der Waals surface area contributed by atoms with Crippen molar-refractivity contribution in [1.29, 1.82) is 0 Å². The number of nitrogens with zero attached hydrogens (tertiary/aromatic N) is 5. The monoisotopic (exact) mass is 406 g/mol. The number of hydrogen-bond donors (Lipinski definition) is 1. The lowest BCUT2D eigenvalue weighted by molar-refractivity contribution is 0.155. The number of benzene rings is 1. The number of halogens is 3. The fourth-order valence-corrected chi connectivity index (χ4v) is 2.71. The first-order valence-electron chi connectivity index (χ1n) is 8.97. The summed E-state index contributed by atoms with van der Waals surface area (Å²) in [5.41, 5.74) is 6.79. The molecule has 0 atom stereocenters. The number of rotatable bonds is 8. The molecule has 0 spiro atoms. The summed E-state index contributed by atoms with van der Waals surface area (Å²) in [4.78, 5) is 9.92. The van der Waals surface area contributed by atoms with Crippen LogP contribution in [0.4, 0.5) is 19.0 Å². The van der Waals surface area contributed by atoms with E-state index >= 15 is 0 Å². The van der Waals surface area contributed by atoms with Gasteiger partial charge in [0.25, 0.3) is 6.43 Å². The SMILES string of the molecule is CCN(CC(F)F)c1cc(Oc2cc(F)ccc2-c2ncc(CN)cn2)n(C)n1. The molecule has 0 bridgehead atoms. The lowest BCUT2D eigenvalue weighted by Gasteiger charge is -2.18. The van der Waals surface area contributed by atoms with Crippen LogP contribution in [0.1, 0.15) is 12.5 Å². The van der Waals surface area contributed by atoms with Gasteiger partial charge in [0.15, 0.2) is 11.6 Å². The number of nitrogens with two attached hydrogens (primary N) is 1. The Morgan fingerprint density at radius 1 is 1.21 bits per heavy atom. The van der Waals surface area contributed by atoms with Gasteiger partial charge in [-0.3, -0.25) is 0 Å². The van der Waals surface area contributed by atoms with Crippen LogP contribution in [0.2, 0.25) is 0 Å². The molecular formula is C19H21F3N6O. The second-order valence-corrected chi connectivity index (χ2v) is 6.26. The lowest BCUT2D eigenvalue weighted by Crippen LogP contribution is -2.28. The normalized spacial score (nSPS) is 11.1. The summed E-state index contributed by atoms with van der Waals surface area (Å²) < 4.78 is 46.7. The Morgan fingerprint density at radius 2 is 1.93 bits per heavy atom. The van der Waals surface area contributed by atoms with Gasteiger partial charge in [0.05, 0.1) is 12.1 Å². The second-order valence-electron chi connectivity index (χ2n) is 6.26. The minimum absolute atomic E-state index is 0.178. The molecular weight excluding hydrogens is 385 g/mol. The van der Waals surface area contributed by atoms with Gasteiger partial charge < -0.3 is 15.4 Å². The number of anilines is 1. The van der Waals surface area contributed by atoms with Gasteiger partial charge in [-0.2, -0.15) is 5.10 Å². The van der Waals surface area contributed by atoms with Crippen molar-refractivity contribution in [2.24, 2.45) is 12.8 Å². The number of aryl methyl sites for hydroxylation is 1. The Bertz CT molecular complexity index is 961. The van der Waals surface area contributed by atoms with Gasteiger partial charge in [0, 0.05) is 50.2 Å². The molecule has 1 aromatic carbocycles. The maximum absolute atomic E-state index is 13.9. The van der Waals surface area contributed by atoms with Gasteiger partial charge in [-0.05, 0) is 19.1 Å². The van der Waals surface area contributed by atoms with Crippen LogP contribution in [0.25, 0.3) is 11.4 Å². The van der Waals surface area contributed by atoms with E-state index in [0.717, 1.165) is 5.56 Å². The first-order valence-corrected chi connectivity index (χ1v) is 8.97. The average Bonchev–Trinajstić information content (AvgIpc) is 3.06.